The van der Waals surface area contributed by atoms with Gasteiger partial charge in [-0.15, -0.1) is 0 Å². The molecule has 0 saturated carbocycles. The maximum absolute atomic E-state index is 11.7. The first-order valence-electron chi connectivity index (χ1n) is 5.73. The van der Waals surface area contributed by atoms with Crippen molar-refractivity contribution in [2.75, 3.05) is 6.54 Å². The van der Waals surface area contributed by atoms with Gasteiger partial charge in [0.2, 0.25) is 0 Å². The number of amides is 1. The Morgan fingerprint density at radius 1 is 1.17 bits per heavy atom. The molecule has 0 atom stereocenters. The molecule has 0 unspecified atom stereocenters. The Hall–Kier alpha value is -2.36. The van der Waals surface area contributed by atoms with E-state index in [0.717, 1.165) is 5.56 Å². The molecule has 2 rings (SSSR count). The molecule has 2 N–H and O–H groups in total. The van der Waals surface area contributed by atoms with E-state index in [0.29, 0.717) is 18.7 Å². The molecule has 0 bridgehead atoms. The highest BCUT2D eigenvalue weighted by Gasteiger charge is 2.05. The summed E-state index contributed by atoms with van der Waals surface area (Å²) in [6.07, 6.45) is 2.17. The number of rotatable bonds is 4. The van der Waals surface area contributed by atoms with Crippen molar-refractivity contribution in [1.29, 1.82) is 0 Å². The Morgan fingerprint density at radius 2 is 1.94 bits per heavy atom. The molecule has 0 radical (unpaired) electrons. The van der Waals surface area contributed by atoms with Crippen molar-refractivity contribution in [2.45, 2.75) is 6.42 Å². The number of benzene rings is 1. The standard InChI is InChI=1S/C14H14N2O2/c17-13-7-2-1-5-11(13)8-10-16-14(18)12-6-3-4-9-15-12/h1-7,9,17H,8,10H2,(H,16,18). The topological polar surface area (TPSA) is 62.2 Å². The Labute approximate surface area is 105 Å². The van der Waals surface area contributed by atoms with E-state index in [-0.39, 0.29) is 11.7 Å². The van der Waals surface area contributed by atoms with Crippen molar-refractivity contribution in [1.82, 2.24) is 10.3 Å². The van der Waals surface area contributed by atoms with Gasteiger partial charge < -0.3 is 10.4 Å². The number of phenolic OH excluding ortho intramolecular Hbond substituents is 1. The van der Waals surface area contributed by atoms with Gasteiger partial charge in [0.1, 0.15) is 11.4 Å². The smallest absolute Gasteiger partial charge is 0.269 e. The van der Waals surface area contributed by atoms with Crippen molar-refractivity contribution in [3.8, 4) is 5.75 Å². The molecule has 1 aromatic carbocycles. The highest BCUT2D eigenvalue weighted by molar-refractivity contribution is 5.92. The molecule has 0 aliphatic carbocycles. The van der Waals surface area contributed by atoms with Crippen LogP contribution in [-0.4, -0.2) is 22.5 Å². The molecule has 92 valence electrons. The van der Waals surface area contributed by atoms with Crippen LogP contribution >= 0.6 is 0 Å². The zero-order chi connectivity index (χ0) is 12.8. The van der Waals surface area contributed by atoms with Crippen LogP contribution in [0, 0.1) is 0 Å². The maximum atomic E-state index is 11.7. The Bertz CT molecular complexity index is 526. The Balaban J connectivity index is 1.86. The van der Waals surface area contributed by atoms with Crippen LogP contribution in [-0.2, 0) is 6.42 Å². The van der Waals surface area contributed by atoms with Crippen molar-refractivity contribution in [2.24, 2.45) is 0 Å². The zero-order valence-corrected chi connectivity index (χ0v) is 9.84. The minimum Gasteiger partial charge on any atom is -0.508 e. The normalized spacial score (nSPS) is 10.0. The van der Waals surface area contributed by atoms with Crippen LogP contribution in [0.1, 0.15) is 16.1 Å². The van der Waals surface area contributed by atoms with Gasteiger partial charge in [0.15, 0.2) is 0 Å². The molecule has 1 aromatic heterocycles. The molecule has 4 nitrogen and oxygen atoms in total. The summed E-state index contributed by atoms with van der Waals surface area (Å²) in [5.74, 6) is 0.0515. The summed E-state index contributed by atoms with van der Waals surface area (Å²) in [6.45, 7) is 0.465. The van der Waals surface area contributed by atoms with Gasteiger partial charge in [0.05, 0.1) is 0 Å². The molecule has 18 heavy (non-hydrogen) atoms. The second-order valence-electron chi connectivity index (χ2n) is 3.85. The van der Waals surface area contributed by atoms with Gasteiger partial charge in [-0.05, 0) is 30.2 Å². The van der Waals surface area contributed by atoms with Gasteiger partial charge in [0.25, 0.3) is 5.91 Å². The summed E-state index contributed by atoms with van der Waals surface area (Å²) in [4.78, 5) is 15.6. The average molecular weight is 242 g/mol. The molecule has 0 aliphatic heterocycles. The molecule has 1 heterocycles. The van der Waals surface area contributed by atoms with Crippen molar-refractivity contribution >= 4 is 5.91 Å². The number of aromatic hydroxyl groups is 1. The molecule has 0 saturated heterocycles. The highest BCUT2D eigenvalue weighted by Crippen LogP contribution is 2.15. The van der Waals surface area contributed by atoms with Crippen molar-refractivity contribution in [3.05, 3.63) is 59.9 Å². The number of carbonyl (C=O) groups is 1. The third kappa shape index (κ3) is 3.07. The van der Waals surface area contributed by atoms with Gasteiger partial charge in [-0.25, -0.2) is 0 Å². The summed E-state index contributed by atoms with van der Waals surface area (Å²) in [5.41, 5.74) is 1.22. The summed E-state index contributed by atoms with van der Waals surface area (Å²) >= 11 is 0. The van der Waals surface area contributed by atoms with Gasteiger partial charge >= 0.3 is 0 Å². The minimum absolute atomic E-state index is 0.203. The van der Waals surface area contributed by atoms with E-state index in [2.05, 4.69) is 10.3 Å². The molecule has 1 amide bonds. The van der Waals surface area contributed by atoms with Crippen LogP contribution in [0.25, 0.3) is 0 Å². The summed E-state index contributed by atoms with van der Waals surface area (Å²) in [7, 11) is 0. The summed E-state index contributed by atoms with van der Waals surface area (Å²) in [5, 5.41) is 12.3. The highest BCUT2D eigenvalue weighted by atomic mass is 16.3. The molecule has 2 aromatic rings. The lowest BCUT2D eigenvalue weighted by molar-refractivity contribution is 0.0949. The number of carbonyl (C=O) groups excluding carboxylic acids is 1. The minimum atomic E-state index is -0.203. The predicted octanol–water partition coefficient (Wildman–Crippen LogP) is 1.76. The van der Waals surface area contributed by atoms with Gasteiger partial charge in [0, 0.05) is 12.7 Å². The third-order valence-electron chi connectivity index (χ3n) is 2.57. The number of hydrogen-bond donors (Lipinski definition) is 2. The molecule has 0 fully saturated rings. The van der Waals surface area contributed by atoms with E-state index >= 15 is 0 Å². The summed E-state index contributed by atoms with van der Waals surface area (Å²) in [6, 6.07) is 12.3. The summed E-state index contributed by atoms with van der Waals surface area (Å²) < 4.78 is 0. The maximum Gasteiger partial charge on any atom is 0.269 e. The number of aromatic nitrogens is 1. The van der Waals surface area contributed by atoms with Crippen LogP contribution in [0.5, 0.6) is 5.75 Å². The van der Waals surface area contributed by atoms with Crippen LogP contribution in [0.3, 0.4) is 0 Å². The quantitative estimate of drug-likeness (QED) is 0.858. The van der Waals surface area contributed by atoms with E-state index in [1.165, 1.54) is 0 Å². The largest absolute Gasteiger partial charge is 0.508 e. The van der Waals surface area contributed by atoms with Gasteiger partial charge in [-0.2, -0.15) is 0 Å². The van der Waals surface area contributed by atoms with E-state index < -0.39 is 0 Å². The third-order valence-corrected chi connectivity index (χ3v) is 2.57. The van der Waals surface area contributed by atoms with Crippen molar-refractivity contribution < 1.29 is 9.90 Å². The number of phenols is 1. The van der Waals surface area contributed by atoms with Crippen LogP contribution in [0.2, 0.25) is 0 Å². The zero-order valence-electron chi connectivity index (χ0n) is 9.84. The first-order valence-corrected chi connectivity index (χ1v) is 5.73. The molecular weight excluding hydrogens is 228 g/mol. The van der Waals surface area contributed by atoms with Crippen LogP contribution in [0.15, 0.2) is 48.7 Å². The van der Waals surface area contributed by atoms with Gasteiger partial charge in [-0.1, -0.05) is 24.3 Å². The number of nitrogens with one attached hydrogen (secondary N) is 1. The van der Waals surface area contributed by atoms with Crippen molar-refractivity contribution in [3.63, 3.8) is 0 Å². The van der Waals surface area contributed by atoms with E-state index in [1.807, 2.05) is 12.1 Å². The lowest BCUT2D eigenvalue weighted by Gasteiger charge is -2.06. The lowest BCUT2D eigenvalue weighted by atomic mass is 10.1. The fourth-order valence-electron chi connectivity index (χ4n) is 1.62. The fraction of sp³-hybridized carbons (Fsp3) is 0.143. The second kappa shape index (κ2) is 5.82. The number of pyridine rings is 1. The first-order chi connectivity index (χ1) is 8.77. The lowest BCUT2D eigenvalue weighted by Crippen LogP contribution is -2.26. The Kier molecular flexibility index (Phi) is 3.91. The average Bonchev–Trinajstić information content (AvgIpc) is 2.42. The van der Waals surface area contributed by atoms with Gasteiger partial charge in [-0.3, -0.25) is 9.78 Å². The Morgan fingerprint density at radius 3 is 2.67 bits per heavy atom. The first kappa shape index (κ1) is 12.1. The van der Waals surface area contributed by atoms with E-state index in [9.17, 15) is 9.90 Å². The van der Waals surface area contributed by atoms with E-state index in [4.69, 9.17) is 0 Å². The number of nitrogens with zero attached hydrogens (tertiary/aromatic N) is 1. The fourth-order valence-corrected chi connectivity index (χ4v) is 1.62. The molecule has 4 heteroatoms. The predicted molar refractivity (Wildman–Crippen MR) is 68.4 cm³/mol. The second-order valence-corrected chi connectivity index (χ2v) is 3.85. The molecule has 0 aliphatic rings. The van der Waals surface area contributed by atoms with E-state index in [1.54, 1.807) is 36.5 Å². The molecular formula is C14H14N2O2. The monoisotopic (exact) mass is 242 g/mol. The van der Waals surface area contributed by atoms with Crippen LogP contribution in [0.4, 0.5) is 0 Å². The SMILES string of the molecule is O=C(NCCc1ccccc1O)c1ccccn1. The number of para-hydroxylation sites is 1. The molecule has 0 spiro atoms. The number of hydrogen-bond acceptors (Lipinski definition) is 3. The van der Waals surface area contributed by atoms with Crippen LogP contribution < -0.4 is 5.32 Å².